The van der Waals surface area contributed by atoms with E-state index >= 15 is 0 Å². The molecule has 1 aromatic carbocycles. The van der Waals surface area contributed by atoms with Gasteiger partial charge in [0, 0.05) is 18.2 Å². The predicted octanol–water partition coefficient (Wildman–Crippen LogP) is 2.04. The van der Waals surface area contributed by atoms with Gasteiger partial charge in [0.25, 0.3) is 0 Å². The summed E-state index contributed by atoms with van der Waals surface area (Å²) in [6.07, 6.45) is 9.12. The van der Waals surface area contributed by atoms with Crippen molar-refractivity contribution in [3.8, 4) is 11.5 Å². The second-order valence-electron chi connectivity index (χ2n) is 4.08. The highest BCUT2D eigenvalue weighted by atomic mass is 16.5. The number of hydrogen-bond donors (Lipinski definition) is 1. The fourth-order valence-electron chi connectivity index (χ4n) is 2.13. The summed E-state index contributed by atoms with van der Waals surface area (Å²) in [5.41, 5.74) is 1.06. The van der Waals surface area contributed by atoms with Gasteiger partial charge in [-0.1, -0.05) is 12.2 Å². The van der Waals surface area contributed by atoms with Crippen LogP contribution in [0.5, 0.6) is 11.5 Å². The number of allylic oxidation sites excluding steroid dienone is 2. The average Bonchev–Trinajstić information content (AvgIpc) is 2.47. The van der Waals surface area contributed by atoms with Crippen LogP contribution in [-0.2, 0) is 6.42 Å². The van der Waals surface area contributed by atoms with Crippen LogP contribution in [0.25, 0.3) is 0 Å². The van der Waals surface area contributed by atoms with Crippen LogP contribution in [-0.4, -0.2) is 22.8 Å². The summed E-state index contributed by atoms with van der Waals surface area (Å²) in [6, 6.07) is 5.60. The fraction of sp³-hybridized carbons (Fsp3) is 0.231. The smallest absolute Gasteiger partial charge is 0.161 e. The van der Waals surface area contributed by atoms with E-state index < -0.39 is 0 Å². The molecule has 0 aromatic heterocycles. The molecule has 1 atom stereocenters. The first-order valence-corrected chi connectivity index (χ1v) is 5.38. The summed E-state index contributed by atoms with van der Waals surface area (Å²) in [5.74, 6) is 1.17. The molecule has 2 heterocycles. The molecule has 0 spiro atoms. The highest BCUT2D eigenvalue weighted by Gasteiger charge is 2.21. The van der Waals surface area contributed by atoms with E-state index in [-0.39, 0.29) is 0 Å². The molecule has 2 aliphatic heterocycles. The van der Waals surface area contributed by atoms with Gasteiger partial charge in [-0.25, -0.2) is 0 Å². The molecule has 82 valence electrons. The lowest BCUT2D eigenvalue weighted by Gasteiger charge is -2.26. The van der Waals surface area contributed by atoms with Crippen LogP contribution in [0.2, 0.25) is 0 Å². The van der Waals surface area contributed by atoms with Crippen molar-refractivity contribution in [2.75, 3.05) is 6.73 Å². The fourth-order valence-corrected chi connectivity index (χ4v) is 2.13. The molecule has 3 heteroatoms. The Kier molecular flexibility index (Phi) is 2.10. The van der Waals surface area contributed by atoms with Gasteiger partial charge in [-0.3, -0.25) is 0 Å². The van der Waals surface area contributed by atoms with Crippen molar-refractivity contribution >= 4 is 0 Å². The molecule has 16 heavy (non-hydrogen) atoms. The number of rotatable bonds is 0. The van der Waals surface area contributed by atoms with Crippen LogP contribution in [0.1, 0.15) is 5.56 Å². The molecule has 0 saturated heterocycles. The van der Waals surface area contributed by atoms with Gasteiger partial charge >= 0.3 is 0 Å². The number of phenols is 1. The first-order valence-electron chi connectivity index (χ1n) is 5.38. The highest BCUT2D eigenvalue weighted by molar-refractivity contribution is 5.41. The van der Waals surface area contributed by atoms with Gasteiger partial charge in [-0.15, -0.1) is 0 Å². The minimum absolute atomic E-state index is 0.297. The van der Waals surface area contributed by atoms with Gasteiger partial charge in [0.2, 0.25) is 0 Å². The van der Waals surface area contributed by atoms with E-state index in [2.05, 4.69) is 17.1 Å². The Labute approximate surface area is 94.3 Å². The van der Waals surface area contributed by atoms with E-state index in [9.17, 15) is 5.11 Å². The van der Waals surface area contributed by atoms with Crippen molar-refractivity contribution < 1.29 is 9.84 Å². The molecule has 3 rings (SSSR count). The number of aromatic hydroxyl groups is 1. The normalized spacial score (nSPS) is 22.0. The van der Waals surface area contributed by atoms with Crippen molar-refractivity contribution in [2.45, 2.75) is 12.5 Å². The van der Waals surface area contributed by atoms with Crippen LogP contribution < -0.4 is 4.74 Å². The maximum Gasteiger partial charge on any atom is 0.161 e. The number of nitrogens with zero attached hydrogens (tertiary/aromatic N) is 1. The molecule has 1 N–H and O–H groups in total. The lowest BCUT2D eigenvalue weighted by molar-refractivity contribution is 0.161. The molecule has 0 bridgehead atoms. The van der Waals surface area contributed by atoms with Crippen molar-refractivity contribution in [2.24, 2.45) is 0 Å². The van der Waals surface area contributed by atoms with Gasteiger partial charge in [-0.2, -0.15) is 0 Å². The molecule has 0 amide bonds. The zero-order valence-corrected chi connectivity index (χ0v) is 8.84. The Bertz CT molecular complexity index is 465. The van der Waals surface area contributed by atoms with E-state index in [1.165, 1.54) is 0 Å². The Morgan fingerprint density at radius 3 is 3.19 bits per heavy atom. The highest BCUT2D eigenvalue weighted by Crippen LogP contribution is 2.29. The first-order chi connectivity index (χ1) is 7.83. The van der Waals surface area contributed by atoms with E-state index in [1.54, 1.807) is 12.1 Å². The Morgan fingerprint density at radius 1 is 1.31 bits per heavy atom. The SMILES string of the molecule is Oc1ccc2c(c1)CC1C=CC=CN1CO2. The second-order valence-corrected chi connectivity index (χ2v) is 4.08. The number of hydrogen-bond acceptors (Lipinski definition) is 3. The van der Waals surface area contributed by atoms with E-state index in [1.807, 2.05) is 18.3 Å². The van der Waals surface area contributed by atoms with Gasteiger partial charge in [-0.05, 0) is 24.3 Å². The number of benzene rings is 1. The molecule has 2 aliphatic rings. The van der Waals surface area contributed by atoms with E-state index in [0.717, 1.165) is 17.7 Å². The summed E-state index contributed by atoms with van der Waals surface area (Å²) < 4.78 is 5.70. The van der Waals surface area contributed by atoms with Crippen LogP contribution in [0, 0.1) is 0 Å². The van der Waals surface area contributed by atoms with Gasteiger partial charge in [0.15, 0.2) is 6.73 Å². The molecule has 0 saturated carbocycles. The second kappa shape index (κ2) is 3.59. The minimum Gasteiger partial charge on any atom is -0.508 e. The van der Waals surface area contributed by atoms with Crippen LogP contribution >= 0.6 is 0 Å². The zero-order chi connectivity index (χ0) is 11.0. The molecule has 3 nitrogen and oxygen atoms in total. The lowest BCUT2D eigenvalue weighted by Crippen LogP contribution is -2.33. The number of phenolic OH excluding ortho intramolecular Hbond substituents is 1. The number of ether oxygens (including phenoxy) is 1. The third-order valence-corrected chi connectivity index (χ3v) is 2.99. The van der Waals surface area contributed by atoms with Crippen LogP contribution in [0.4, 0.5) is 0 Å². The summed E-state index contributed by atoms with van der Waals surface area (Å²) in [6.45, 7) is 0.559. The molecule has 0 fully saturated rings. The maximum atomic E-state index is 9.47. The molecule has 0 aliphatic carbocycles. The predicted molar refractivity (Wildman–Crippen MR) is 61.2 cm³/mol. The Hall–Kier alpha value is -1.90. The lowest BCUT2D eigenvalue weighted by atomic mass is 10.0. The van der Waals surface area contributed by atoms with Gasteiger partial charge in [0.1, 0.15) is 11.5 Å². The molecule has 1 unspecified atom stereocenters. The topological polar surface area (TPSA) is 32.7 Å². The summed E-state index contributed by atoms with van der Waals surface area (Å²) in [4.78, 5) is 2.15. The standard InChI is InChI=1S/C13H13NO2/c15-12-4-5-13-10(8-12)7-11-3-1-2-6-14(11)9-16-13/h1-6,8,11,15H,7,9H2. The van der Waals surface area contributed by atoms with Crippen molar-refractivity contribution in [3.05, 3.63) is 48.2 Å². The number of fused-ring (bicyclic) bond motifs is 2. The summed E-state index contributed by atoms with van der Waals surface area (Å²) in [5, 5.41) is 9.47. The average molecular weight is 215 g/mol. The molecule has 1 aromatic rings. The van der Waals surface area contributed by atoms with Crippen molar-refractivity contribution in [3.63, 3.8) is 0 Å². The Balaban J connectivity index is 1.97. The Morgan fingerprint density at radius 2 is 2.25 bits per heavy atom. The third kappa shape index (κ3) is 1.54. The summed E-state index contributed by atoms with van der Waals surface area (Å²) in [7, 11) is 0. The zero-order valence-electron chi connectivity index (χ0n) is 8.84. The van der Waals surface area contributed by atoms with Crippen LogP contribution in [0.3, 0.4) is 0 Å². The minimum atomic E-state index is 0.297. The molecular formula is C13H13NO2. The van der Waals surface area contributed by atoms with Crippen molar-refractivity contribution in [1.82, 2.24) is 4.90 Å². The van der Waals surface area contributed by atoms with Crippen LogP contribution in [0.15, 0.2) is 42.6 Å². The van der Waals surface area contributed by atoms with E-state index in [0.29, 0.717) is 18.5 Å². The summed E-state index contributed by atoms with van der Waals surface area (Å²) >= 11 is 0. The van der Waals surface area contributed by atoms with Crippen molar-refractivity contribution in [1.29, 1.82) is 0 Å². The first kappa shape index (κ1) is 9.33. The monoisotopic (exact) mass is 215 g/mol. The molecular weight excluding hydrogens is 202 g/mol. The maximum absolute atomic E-state index is 9.47. The van der Waals surface area contributed by atoms with Gasteiger partial charge < -0.3 is 14.7 Å². The quantitative estimate of drug-likeness (QED) is 0.718. The third-order valence-electron chi connectivity index (χ3n) is 2.99. The van der Waals surface area contributed by atoms with Gasteiger partial charge in [0.05, 0.1) is 6.04 Å². The largest absolute Gasteiger partial charge is 0.508 e. The molecule has 0 radical (unpaired) electrons. The van der Waals surface area contributed by atoms with E-state index in [4.69, 9.17) is 4.74 Å².